The maximum absolute atomic E-state index is 6.63. The molecule has 0 saturated heterocycles. The van der Waals surface area contributed by atoms with Gasteiger partial charge in [-0.3, -0.25) is 0 Å². The number of hydrogen-bond acceptors (Lipinski definition) is 1. The molecule has 0 amide bonds. The molecule has 0 aromatic heterocycles. The van der Waals surface area contributed by atoms with E-state index in [-0.39, 0.29) is 0 Å². The van der Waals surface area contributed by atoms with E-state index in [1.165, 1.54) is 38.5 Å². The maximum atomic E-state index is 6.63. The average Bonchev–Trinajstić information content (AvgIpc) is 2.10. The van der Waals surface area contributed by atoms with Gasteiger partial charge in [-0.25, -0.2) is 0 Å². The van der Waals surface area contributed by atoms with Crippen molar-refractivity contribution in [1.82, 2.24) is 0 Å². The molecule has 0 aromatic carbocycles. The molecule has 3 unspecified atom stereocenters. The van der Waals surface area contributed by atoms with Crippen molar-refractivity contribution in [3.05, 3.63) is 0 Å². The normalized spacial score (nSPS) is 54.4. The van der Waals surface area contributed by atoms with Gasteiger partial charge >= 0.3 is 0 Å². The van der Waals surface area contributed by atoms with Gasteiger partial charge in [0.25, 0.3) is 0 Å². The molecular formula is C16H29N. The van der Waals surface area contributed by atoms with E-state index in [9.17, 15) is 0 Å². The van der Waals surface area contributed by atoms with Gasteiger partial charge in [0.2, 0.25) is 0 Å². The summed E-state index contributed by atoms with van der Waals surface area (Å²) in [6.07, 6.45) is 8.67. The van der Waals surface area contributed by atoms with Crippen LogP contribution in [0.2, 0.25) is 0 Å². The smallest absolute Gasteiger partial charge is 0.0119 e. The standard InChI is InChI=1S/C16H29N/c1-11(2)13(17)16-7-12-5-14(3,9-16)8-15(4,6-12)10-16/h11-13H,5-10,17H2,1-4H3. The molecule has 0 radical (unpaired) electrons. The highest BCUT2D eigenvalue weighted by atomic mass is 14.8. The van der Waals surface area contributed by atoms with Crippen LogP contribution < -0.4 is 5.73 Å². The third-order valence-corrected chi connectivity index (χ3v) is 6.09. The zero-order valence-corrected chi connectivity index (χ0v) is 12.1. The minimum Gasteiger partial charge on any atom is -0.327 e. The highest BCUT2D eigenvalue weighted by molar-refractivity contribution is 5.13. The van der Waals surface area contributed by atoms with E-state index in [0.29, 0.717) is 28.2 Å². The van der Waals surface area contributed by atoms with Crippen molar-refractivity contribution >= 4 is 0 Å². The van der Waals surface area contributed by atoms with Crippen LogP contribution >= 0.6 is 0 Å². The first-order chi connectivity index (χ1) is 7.76. The zero-order chi connectivity index (χ0) is 12.5. The van der Waals surface area contributed by atoms with Gasteiger partial charge in [0, 0.05) is 6.04 Å². The Morgan fingerprint density at radius 2 is 1.47 bits per heavy atom. The van der Waals surface area contributed by atoms with E-state index >= 15 is 0 Å². The molecule has 98 valence electrons. The molecule has 1 heteroatoms. The van der Waals surface area contributed by atoms with Crippen molar-refractivity contribution in [3.8, 4) is 0 Å². The molecule has 0 spiro atoms. The quantitative estimate of drug-likeness (QED) is 0.770. The van der Waals surface area contributed by atoms with Gasteiger partial charge in [0.15, 0.2) is 0 Å². The molecule has 4 bridgehead atoms. The maximum Gasteiger partial charge on any atom is 0.0119 e. The lowest BCUT2D eigenvalue weighted by Crippen LogP contribution is -2.61. The second-order valence-corrected chi connectivity index (χ2v) is 8.76. The topological polar surface area (TPSA) is 26.0 Å². The monoisotopic (exact) mass is 235 g/mol. The Kier molecular flexibility index (Phi) is 2.32. The van der Waals surface area contributed by atoms with Crippen molar-refractivity contribution < 1.29 is 0 Å². The lowest BCUT2D eigenvalue weighted by atomic mass is 9.38. The van der Waals surface area contributed by atoms with E-state index in [1.807, 2.05) is 0 Å². The number of nitrogens with two attached hydrogens (primary N) is 1. The van der Waals surface area contributed by atoms with Gasteiger partial charge in [-0.15, -0.1) is 0 Å². The largest absolute Gasteiger partial charge is 0.327 e. The van der Waals surface area contributed by atoms with E-state index < -0.39 is 0 Å². The Bertz CT molecular complexity index is 314. The summed E-state index contributed by atoms with van der Waals surface area (Å²) in [5.74, 6) is 1.62. The Hall–Kier alpha value is -0.0400. The molecule has 3 atom stereocenters. The molecule has 4 aliphatic carbocycles. The van der Waals surface area contributed by atoms with Crippen LogP contribution in [-0.4, -0.2) is 6.04 Å². The Labute approximate surface area is 107 Å². The Balaban J connectivity index is 1.97. The molecule has 4 aliphatic rings. The molecule has 17 heavy (non-hydrogen) atoms. The fourth-order valence-corrected chi connectivity index (χ4v) is 6.61. The average molecular weight is 235 g/mol. The van der Waals surface area contributed by atoms with Gasteiger partial charge in [-0.05, 0) is 66.6 Å². The zero-order valence-electron chi connectivity index (χ0n) is 12.1. The summed E-state index contributed by atoms with van der Waals surface area (Å²) in [6.45, 7) is 9.71. The first-order valence-corrected chi connectivity index (χ1v) is 7.52. The van der Waals surface area contributed by atoms with Crippen LogP contribution in [0.4, 0.5) is 0 Å². The molecule has 2 N–H and O–H groups in total. The number of hydrogen-bond donors (Lipinski definition) is 1. The lowest BCUT2D eigenvalue weighted by molar-refractivity contribution is -0.158. The first kappa shape index (κ1) is 12.0. The van der Waals surface area contributed by atoms with Crippen molar-refractivity contribution in [1.29, 1.82) is 0 Å². The molecule has 4 rings (SSSR count). The van der Waals surface area contributed by atoms with E-state index in [1.54, 1.807) is 0 Å². The molecule has 1 nitrogen and oxygen atoms in total. The van der Waals surface area contributed by atoms with Crippen LogP contribution in [0.25, 0.3) is 0 Å². The first-order valence-electron chi connectivity index (χ1n) is 7.52. The third kappa shape index (κ3) is 1.69. The van der Waals surface area contributed by atoms with Crippen molar-refractivity contribution in [2.24, 2.45) is 33.8 Å². The van der Waals surface area contributed by atoms with E-state index in [4.69, 9.17) is 5.73 Å². The van der Waals surface area contributed by atoms with E-state index in [0.717, 1.165) is 5.92 Å². The molecule has 4 fully saturated rings. The highest BCUT2D eigenvalue weighted by Gasteiger charge is 2.61. The van der Waals surface area contributed by atoms with E-state index in [2.05, 4.69) is 27.7 Å². The second-order valence-electron chi connectivity index (χ2n) is 8.76. The summed E-state index contributed by atoms with van der Waals surface area (Å²) in [5.41, 5.74) is 8.34. The van der Waals surface area contributed by atoms with Crippen LogP contribution in [0.15, 0.2) is 0 Å². The van der Waals surface area contributed by atoms with Gasteiger partial charge in [0.1, 0.15) is 0 Å². The summed E-state index contributed by atoms with van der Waals surface area (Å²) >= 11 is 0. The summed E-state index contributed by atoms with van der Waals surface area (Å²) in [7, 11) is 0. The molecule has 0 aromatic rings. The second kappa shape index (κ2) is 3.29. The van der Waals surface area contributed by atoms with Crippen molar-refractivity contribution in [3.63, 3.8) is 0 Å². The SMILES string of the molecule is CC(C)C(N)C12CC3CC(C)(CC(C)(C3)C1)C2. The predicted octanol–water partition coefficient (Wildman–Crippen LogP) is 3.97. The van der Waals surface area contributed by atoms with Gasteiger partial charge in [-0.2, -0.15) is 0 Å². The summed E-state index contributed by atoms with van der Waals surface area (Å²) < 4.78 is 0. The van der Waals surface area contributed by atoms with Gasteiger partial charge < -0.3 is 5.73 Å². The fraction of sp³-hybridized carbons (Fsp3) is 1.00. The fourth-order valence-electron chi connectivity index (χ4n) is 6.61. The molecule has 0 aliphatic heterocycles. The Morgan fingerprint density at radius 1 is 0.941 bits per heavy atom. The Morgan fingerprint density at radius 3 is 1.88 bits per heavy atom. The van der Waals surface area contributed by atoms with Crippen LogP contribution in [0.3, 0.4) is 0 Å². The molecule has 0 heterocycles. The summed E-state index contributed by atoms with van der Waals surface area (Å²) in [4.78, 5) is 0. The van der Waals surface area contributed by atoms with Crippen LogP contribution in [0.5, 0.6) is 0 Å². The lowest BCUT2D eigenvalue weighted by Gasteiger charge is -2.67. The molecule has 4 saturated carbocycles. The molecular weight excluding hydrogens is 206 g/mol. The van der Waals surface area contributed by atoms with Crippen LogP contribution in [-0.2, 0) is 0 Å². The number of rotatable bonds is 2. The minimum absolute atomic E-state index is 0.421. The van der Waals surface area contributed by atoms with Gasteiger partial charge in [-0.1, -0.05) is 27.7 Å². The predicted molar refractivity (Wildman–Crippen MR) is 72.7 cm³/mol. The van der Waals surface area contributed by atoms with Crippen LogP contribution in [0, 0.1) is 28.1 Å². The minimum atomic E-state index is 0.421. The highest BCUT2D eigenvalue weighted by Crippen LogP contribution is 2.70. The third-order valence-electron chi connectivity index (χ3n) is 6.09. The van der Waals surface area contributed by atoms with Crippen LogP contribution in [0.1, 0.15) is 66.2 Å². The van der Waals surface area contributed by atoms with Gasteiger partial charge in [0.05, 0.1) is 0 Å². The van der Waals surface area contributed by atoms with Crippen molar-refractivity contribution in [2.75, 3.05) is 0 Å². The summed E-state index contributed by atoms with van der Waals surface area (Å²) in [5, 5.41) is 0. The van der Waals surface area contributed by atoms with Crippen molar-refractivity contribution in [2.45, 2.75) is 72.3 Å². The summed E-state index contributed by atoms with van der Waals surface area (Å²) in [6, 6.07) is 0.421.